The van der Waals surface area contributed by atoms with Gasteiger partial charge in [-0.25, -0.2) is 0 Å². The van der Waals surface area contributed by atoms with Gasteiger partial charge in [0.1, 0.15) is 11.3 Å². The molecule has 0 radical (unpaired) electrons. The van der Waals surface area contributed by atoms with Crippen molar-refractivity contribution in [1.82, 2.24) is 0 Å². The number of para-hydroxylation sites is 1. The summed E-state index contributed by atoms with van der Waals surface area (Å²) in [6.45, 7) is 0. The van der Waals surface area contributed by atoms with Gasteiger partial charge in [-0.1, -0.05) is 18.2 Å². The van der Waals surface area contributed by atoms with Crippen molar-refractivity contribution in [3.05, 3.63) is 54.1 Å². The number of benzene rings is 2. The SMILES string of the molecule is O=C1Nc2ccc(-c3cc4ccccc4o3)cc2C1=O. The van der Waals surface area contributed by atoms with E-state index in [-0.39, 0.29) is 0 Å². The van der Waals surface area contributed by atoms with Gasteiger partial charge in [0.05, 0.1) is 11.3 Å². The highest BCUT2D eigenvalue weighted by atomic mass is 16.3. The van der Waals surface area contributed by atoms with E-state index in [9.17, 15) is 9.59 Å². The van der Waals surface area contributed by atoms with Crippen LogP contribution in [0.2, 0.25) is 0 Å². The lowest BCUT2D eigenvalue weighted by Crippen LogP contribution is -2.12. The van der Waals surface area contributed by atoms with Gasteiger partial charge in [0.25, 0.3) is 11.7 Å². The Labute approximate surface area is 114 Å². The number of fused-ring (bicyclic) bond motifs is 2. The number of Topliss-reactive ketones (excluding diaryl/α,β-unsaturated/α-hetero) is 1. The molecule has 1 N–H and O–H groups in total. The monoisotopic (exact) mass is 263 g/mol. The lowest BCUT2D eigenvalue weighted by atomic mass is 10.1. The molecule has 1 aromatic heterocycles. The molecular formula is C16H9NO3. The van der Waals surface area contributed by atoms with E-state index in [0.29, 0.717) is 17.0 Å². The number of hydrogen-bond acceptors (Lipinski definition) is 3. The highest BCUT2D eigenvalue weighted by Crippen LogP contribution is 2.32. The van der Waals surface area contributed by atoms with E-state index in [1.165, 1.54) is 0 Å². The third-order valence-corrected chi connectivity index (χ3v) is 3.43. The number of carbonyl (C=O) groups is 2. The molecule has 0 saturated carbocycles. The van der Waals surface area contributed by atoms with Crippen LogP contribution in [-0.2, 0) is 4.79 Å². The first-order valence-electron chi connectivity index (χ1n) is 6.21. The Kier molecular flexibility index (Phi) is 2.09. The predicted octanol–water partition coefficient (Wildman–Crippen LogP) is 3.23. The molecule has 96 valence electrons. The lowest BCUT2D eigenvalue weighted by molar-refractivity contribution is -0.112. The largest absolute Gasteiger partial charge is 0.456 e. The zero-order valence-corrected chi connectivity index (χ0v) is 10.3. The molecule has 0 saturated heterocycles. The molecule has 4 nitrogen and oxygen atoms in total. The Balaban J connectivity index is 1.87. The van der Waals surface area contributed by atoms with Crippen LogP contribution in [0.25, 0.3) is 22.3 Å². The Hall–Kier alpha value is -2.88. The summed E-state index contributed by atoms with van der Waals surface area (Å²) in [7, 11) is 0. The third kappa shape index (κ3) is 1.48. The second-order valence-corrected chi connectivity index (χ2v) is 4.69. The van der Waals surface area contributed by atoms with Gasteiger partial charge in [0, 0.05) is 10.9 Å². The molecular weight excluding hydrogens is 254 g/mol. The average Bonchev–Trinajstić information content (AvgIpc) is 3.01. The molecule has 0 bridgehead atoms. The van der Waals surface area contributed by atoms with E-state index in [4.69, 9.17) is 4.42 Å². The number of nitrogens with one attached hydrogen (secondary N) is 1. The predicted molar refractivity (Wildman–Crippen MR) is 74.6 cm³/mol. The Morgan fingerprint density at radius 3 is 2.65 bits per heavy atom. The minimum absolute atomic E-state index is 0.396. The van der Waals surface area contributed by atoms with E-state index in [1.807, 2.05) is 36.4 Å². The summed E-state index contributed by atoms with van der Waals surface area (Å²) in [5, 5.41) is 3.54. The summed E-state index contributed by atoms with van der Waals surface area (Å²) >= 11 is 0. The van der Waals surface area contributed by atoms with Crippen LogP contribution in [0.3, 0.4) is 0 Å². The van der Waals surface area contributed by atoms with Gasteiger partial charge in [-0.3, -0.25) is 9.59 Å². The van der Waals surface area contributed by atoms with Crippen LogP contribution in [0, 0.1) is 0 Å². The summed E-state index contributed by atoms with van der Waals surface area (Å²) in [5.74, 6) is -0.402. The van der Waals surface area contributed by atoms with Crippen LogP contribution in [0.15, 0.2) is 52.9 Å². The van der Waals surface area contributed by atoms with Gasteiger partial charge < -0.3 is 9.73 Å². The summed E-state index contributed by atoms with van der Waals surface area (Å²) < 4.78 is 5.76. The maximum atomic E-state index is 11.7. The number of rotatable bonds is 1. The van der Waals surface area contributed by atoms with E-state index < -0.39 is 11.7 Å². The van der Waals surface area contributed by atoms with Crippen molar-refractivity contribution < 1.29 is 14.0 Å². The molecule has 0 atom stereocenters. The van der Waals surface area contributed by atoms with Crippen LogP contribution >= 0.6 is 0 Å². The first-order valence-corrected chi connectivity index (χ1v) is 6.21. The van der Waals surface area contributed by atoms with E-state index in [2.05, 4.69) is 5.32 Å². The molecule has 1 aliphatic heterocycles. The molecule has 20 heavy (non-hydrogen) atoms. The van der Waals surface area contributed by atoms with Gasteiger partial charge >= 0.3 is 0 Å². The molecule has 0 unspecified atom stereocenters. The number of anilines is 1. The quantitative estimate of drug-likeness (QED) is 0.686. The zero-order chi connectivity index (χ0) is 13.7. The summed E-state index contributed by atoms with van der Waals surface area (Å²) in [6, 6.07) is 14.9. The standard InChI is InChI=1S/C16H9NO3/c18-15-11-7-10(5-6-12(11)17-16(15)19)14-8-9-3-1-2-4-13(9)20-14/h1-8H,(H,17,18,19). The average molecular weight is 263 g/mol. The summed E-state index contributed by atoms with van der Waals surface area (Å²) in [5.41, 5.74) is 2.53. The molecule has 0 fully saturated rings. The minimum Gasteiger partial charge on any atom is -0.456 e. The van der Waals surface area contributed by atoms with Crippen molar-refractivity contribution in [3.63, 3.8) is 0 Å². The van der Waals surface area contributed by atoms with Gasteiger partial charge in [-0.05, 0) is 30.3 Å². The second-order valence-electron chi connectivity index (χ2n) is 4.69. The van der Waals surface area contributed by atoms with Crippen molar-refractivity contribution in [2.24, 2.45) is 0 Å². The second kappa shape index (κ2) is 3.81. The van der Waals surface area contributed by atoms with E-state index >= 15 is 0 Å². The van der Waals surface area contributed by atoms with Crippen molar-refractivity contribution in [1.29, 1.82) is 0 Å². The summed E-state index contributed by atoms with van der Waals surface area (Å²) in [6.07, 6.45) is 0. The molecule has 4 heteroatoms. The van der Waals surface area contributed by atoms with Crippen LogP contribution in [-0.4, -0.2) is 11.7 Å². The molecule has 0 aliphatic carbocycles. The van der Waals surface area contributed by atoms with Crippen molar-refractivity contribution >= 4 is 28.3 Å². The molecule has 1 amide bonds. The number of hydrogen-bond donors (Lipinski definition) is 1. The van der Waals surface area contributed by atoms with Crippen LogP contribution in [0.4, 0.5) is 5.69 Å². The molecule has 1 aliphatic rings. The Bertz CT molecular complexity index is 843. The molecule has 2 aromatic carbocycles. The van der Waals surface area contributed by atoms with Crippen LogP contribution in [0.1, 0.15) is 10.4 Å². The topological polar surface area (TPSA) is 59.3 Å². The van der Waals surface area contributed by atoms with Gasteiger partial charge in [-0.15, -0.1) is 0 Å². The first-order chi connectivity index (χ1) is 9.72. The number of ketones is 1. The van der Waals surface area contributed by atoms with Gasteiger partial charge in [0.15, 0.2) is 0 Å². The Morgan fingerprint density at radius 1 is 0.950 bits per heavy atom. The van der Waals surface area contributed by atoms with E-state index in [1.54, 1.807) is 12.1 Å². The zero-order valence-electron chi connectivity index (χ0n) is 10.3. The molecule has 3 aromatic rings. The number of amides is 1. The highest BCUT2D eigenvalue weighted by molar-refractivity contribution is 6.51. The maximum Gasteiger partial charge on any atom is 0.296 e. The summed E-state index contributed by atoms with van der Waals surface area (Å²) in [4.78, 5) is 23.0. The van der Waals surface area contributed by atoms with Gasteiger partial charge in [-0.2, -0.15) is 0 Å². The van der Waals surface area contributed by atoms with Gasteiger partial charge in [0.2, 0.25) is 0 Å². The first kappa shape index (κ1) is 11.0. The molecule has 4 rings (SSSR count). The lowest BCUT2D eigenvalue weighted by Gasteiger charge is -2.00. The fourth-order valence-electron chi connectivity index (χ4n) is 2.42. The fourth-order valence-corrected chi connectivity index (χ4v) is 2.42. The van der Waals surface area contributed by atoms with Crippen molar-refractivity contribution in [2.45, 2.75) is 0 Å². The number of furan rings is 1. The van der Waals surface area contributed by atoms with Crippen molar-refractivity contribution in [3.8, 4) is 11.3 Å². The normalized spacial score (nSPS) is 13.6. The van der Waals surface area contributed by atoms with Crippen LogP contribution < -0.4 is 5.32 Å². The van der Waals surface area contributed by atoms with Crippen LogP contribution in [0.5, 0.6) is 0 Å². The highest BCUT2D eigenvalue weighted by Gasteiger charge is 2.28. The molecule has 2 heterocycles. The Morgan fingerprint density at radius 2 is 1.80 bits per heavy atom. The minimum atomic E-state index is -0.582. The number of carbonyl (C=O) groups excluding carboxylic acids is 2. The smallest absolute Gasteiger partial charge is 0.296 e. The molecule has 0 spiro atoms. The fraction of sp³-hybridized carbons (Fsp3) is 0. The third-order valence-electron chi connectivity index (χ3n) is 3.43. The van der Waals surface area contributed by atoms with E-state index in [0.717, 1.165) is 16.5 Å². The maximum absolute atomic E-state index is 11.7. The van der Waals surface area contributed by atoms with Crippen molar-refractivity contribution in [2.75, 3.05) is 5.32 Å².